The number of benzene rings is 1. The van der Waals surface area contributed by atoms with Crippen molar-refractivity contribution in [2.75, 3.05) is 0 Å². The Balaban J connectivity index is 2.14. The molecule has 0 spiro atoms. The Kier molecular flexibility index (Phi) is 2.18. The van der Waals surface area contributed by atoms with Gasteiger partial charge in [0.1, 0.15) is 5.82 Å². The average Bonchev–Trinajstić information content (AvgIpc) is 2.72. The van der Waals surface area contributed by atoms with Gasteiger partial charge in [-0.1, -0.05) is 29.8 Å². The number of rotatable bonds is 1. The van der Waals surface area contributed by atoms with Gasteiger partial charge in [-0.2, -0.15) is 0 Å². The summed E-state index contributed by atoms with van der Waals surface area (Å²) in [5.41, 5.74) is 5.28. The fraction of sp³-hybridized carbons (Fsp3) is 0.143. The molecule has 3 heteroatoms. The molecule has 0 aliphatic rings. The lowest BCUT2D eigenvalue weighted by Crippen LogP contribution is -1.80. The molecule has 0 fully saturated rings. The maximum atomic E-state index is 4.58. The lowest BCUT2D eigenvalue weighted by atomic mass is 10.1. The summed E-state index contributed by atoms with van der Waals surface area (Å²) in [5.74, 6) is 0.896. The molecule has 3 rings (SSSR count). The third-order valence-corrected chi connectivity index (χ3v) is 2.83. The van der Waals surface area contributed by atoms with Gasteiger partial charge in [0, 0.05) is 11.3 Å². The second kappa shape index (κ2) is 3.70. The molecule has 0 amide bonds. The molecule has 1 N–H and O–H groups in total. The van der Waals surface area contributed by atoms with Gasteiger partial charge in [0.25, 0.3) is 0 Å². The molecule has 0 aliphatic heterocycles. The number of nitrogens with zero attached hydrogens (tertiary/aromatic N) is 2. The minimum Gasteiger partial charge on any atom is -0.337 e. The third kappa shape index (κ3) is 1.80. The summed E-state index contributed by atoms with van der Waals surface area (Å²) < 4.78 is 0. The molecule has 17 heavy (non-hydrogen) atoms. The Morgan fingerprint density at radius 2 is 1.82 bits per heavy atom. The zero-order valence-corrected chi connectivity index (χ0v) is 9.86. The van der Waals surface area contributed by atoms with E-state index in [1.54, 1.807) is 0 Å². The van der Waals surface area contributed by atoms with Gasteiger partial charge in [-0.15, -0.1) is 0 Å². The van der Waals surface area contributed by atoms with Crippen LogP contribution in [0.1, 0.15) is 11.3 Å². The van der Waals surface area contributed by atoms with Crippen molar-refractivity contribution in [3.8, 4) is 11.4 Å². The van der Waals surface area contributed by atoms with Crippen LogP contribution in [0, 0.1) is 13.8 Å². The Bertz CT molecular complexity index is 666. The van der Waals surface area contributed by atoms with Crippen LogP contribution < -0.4 is 0 Å². The van der Waals surface area contributed by atoms with Crippen LogP contribution in [0.3, 0.4) is 0 Å². The van der Waals surface area contributed by atoms with Gasteiger partial charge in [-0.3, -0.25) is 4.98 Å². The molecule has 2 heterocycles. The highest BCUT2D eigenvalue weighted by Crippen LogP contribution is 2.20. The highest BCUT2D eigenvalue weighted by Gasteiger charge is 2.05. The molecule has 0 bridgehead atoms. The van der Waals surface area contributed by atoms with Crippen LogP contribution in [0.4, 0.5) is 0 Å². The molecule has 1 aromatic carbocycles. The topological polar surface area (TPSA) is 41.6 Å². The van der Waals surface area contributed by atoms with E-state index >= 15 is 0 Å². The predicted octanol–water partition coefficient (Wildman–Crippen LogP) is 3.24. The number of imidazole rings is 1. The number of pyridine rings is 1. The van der Waals surface area contributed by atoms with Crippen molar-refractivity contribution >= 4 is 11.0 Å². The molecule has 0 atom stereocenters. The van der Waals surface area contributed by atoms with Crippen molar-refractivity contribution in [3.05, 3.63) is 47.8 Å². The molecule has 3 nitrogen and oxygen atoms in total. The first-order chi connectivity index (χ1) is 8.22. The lowest BCUT2D eigenvalue weighted by molar-refractivity contribution is 1.22. The Morgan fingerprint density at radius 3 is 2.59 bits per heavy atom. The first-order valence-electron chi connectivity index (χ1n) is 5.62. The van der Waals surface area contributed by atoms with Gasteiger partial charge in [0.05, 0.1) is 17.2 Å². The SMILES string of the molecule is Cc1ccc(-c2nc3cc(C)ncc3[nH]2)cc1. The molecule has 2 aromatic heterocycles. The quantitative estimate of drug-likeness (QED) is 0.688. The van der Waals surface area contributed by atoms with Crippen LogP contribution in [-0.2, 0) is 0 Å². The number of aromatic nitrogens is 3. The third-order valence-electron chi connectivity index (χ3n) is 2.83. The zero-order chi connectivity index (χ0) is 11.8. The summed E-state index contributed by atoms with van der Waals surface area (Å²) in [6, 6.07) is 10.3. The average molecular weight is 223 g/mol. The van der Waals surface area contributed by atoms with Crippen LogP contribution in [0.25, 0.3) is 22.4 Å². The van der Waals surface area contributed by atoms with Gasteiger partial charge < -0.3 is 4.98 Å². The van der Waals surface area contributed by atoms with Gasteiger partial charge >= 0.3 is 0 Å². The minimum atomic E-state index is 0.896. The monoisotopic (exact) mass is 223 g/mol. The van der Waals surface area contributed by atoms with Gasteiger partial charge in [-0.25, -0.2) is 4.98 Å². The van der Waals surface area contributed by atoms with E-state index in [9.17, 15) is 0 Å². The Labute approximate surface area is 99.5 Å². The molecule has 3 aromatic rings. The normalized spacial score (nSPS) is 10.9. The van der Waals surface area contributed by atoms with Crippen molar-refractivity contribution in [2.24, 2.45) is 0 Å². The maximum absolute atomic E-state index is 4.58. The molecule has 84 valence electrons. The number of hydrogen-bond donors (Lipinski definition) is 1. The number of hydrogen-bond acceptors (Lipinski definition) is 2. The number of aryl methyl sites for hydroxylation is 2. The fourth-order valence-corrected chi connectivity index (χ4v) is 1.86. The van der Waals surface area contributed by atoms with Crippen molar-refractivity contribution in [3.63, 3.8) is 0 Å². The molecule has 0 saturated heterocycles. The van der Waals surface area contributed by atoms with Crippen LogP contribution in [0.5, 0.6) is 0 Å². The van der Waals surface area contributed by atoms with E-state index in [0.29, 0.717) is 0 Å². The van der Waals surface area contributed by atoms with E-state index in [0.717, 1.165) is 28.1 Å². The summed E-state index contributed by atoms with van der Waals surface area (Å²) in [4.78, 5) is 12.1. The second-order valence-corrected chi connectivity index (χ2v) is 4.29. The number of aromatic amines is 1. The smallest absolute Gasteiger partial charge is 0.138 e. The predicted molar refractivity (Wildman–Crippen MR) is 68.8 cm³/mol. The van der Waals surface area contributed by atoms with E-state index in [1.165, 1.54) is 5.56 Å². The van der Waals surface area contributed by atoms with Crippen LogP contribution in [-0.4, -0.2) is 15.0 Å². The molecule has 0 saturated carbocycles. The number of H-pyrrole nitrogens is 1. The molecule has 0 radical (unpaired) electrons. The summed E-state index contributed by atoms with van der Waals surface area (Å²) >= 11 is 0. The first kappa shape index (κ1) is 10.0. The lowest BCUT2D eigenvalue weighted by Gasteiger charge is -1.96. The summed E-state index contributed by atoms with van der Waals surface area (Å²) in [6.07, 6.45) is 1.83. The van der Waals surface area contributed by atoms with Gasteiger partial charge in [-0.05, 0) is 19.9 Å². The first-order valence-corrected chi connectivity index (χ1v) is 5.62. The van der Waals surface area contributed by atoms with E-state index in [1.807, 2.05) is 19.2 Å². The number of nitrogens with one attached hydrogen (secondary N) is 1. The van der Waals surface area contributed by atoms with E-state index in [-0.39, 0.29) is 0 Å². The molecule has 0 aliphatic carbocycles. The minimum absolute atomic E-state index is 0.896. The van der Waals surface area contributed by atoms with Crippen LogP contribution >= 0.6 is 0 Å². The van der Waals surface area contributed by atoms with E-state index in [4.69, 9.17) is 0 Å². The second-order valence-electron chi connectivity index (χ2n) is 4.29. The van der Waals surface area contributed by atoms with E-state index < -0.39 is 0 Å². The van der Waals surface area contributed by atoms with Crippen molar-refractivity contribution in [1.82, 2.24) is 15.0 Å². The number of fused-ring (bicyclic) bond motifs is 1. The van der Waals surface area contributed by atoms with Gasteiger partial charge in [0.15, 0.2) is 0 Å². The zero-order valence-electron chi connectivity index (χ0n) is 9.86. The summed E-state index contributed by atoms with van der Waals surface area (Å²) in [7, 11) is 0. The largest absolute Gasteiger partial charge is 0.337 e. The molecule has 0 unspecified atom stereocenters. The Morgan fingerprint density at radius 1 is 1.06 bits per heavy atom. The Hall–Kier alpha value is -2.16. The summed E-state index contributed by atoms with van der Waals surface area (Å²) in [5, 5.41) is 0. The highest BCUT2D eigenvalue weighted by molar-refractivity contribution is 5.78. The van der Waals surface area contributed by atoms with Gasteiger partial charge in [0.2, 0.25) is 0 Å². The fourth-order valence-electron chi connectivity index (χ4n) is 1.86. The van der Waals surface area contributed by atoms with E-state index in [2.05, 4.69) is 46.1 Å². The van der Waals surface area contributed by atoms with Crippen LogP contribution in [0.2, 0.25) is 0 Å². The van der Waals surface area contributed by atoms with Crippen molar-refractivity contribution < 1.29 is 0 Å². The maximum Gasteiger partial charge on any atom is 0.138 e. The highest BCUT2D eigenvalue weighted by atomic mass is 14.9. The summed E-state index contributed by atoms with van der Waals surface area (Å²) in [6.45, 7) is 4.05. The standard InChI is InChI=1S/C14H13N3/c1-9-3-5-11(6-4-9)14-16-12-7-10(2)15-8-13(12)17-14/h3-8H,1-2H3,(H,16,17). The van der Waals surface area contributed by atoms with Crippen molar-refractivity contribution in [1.29, 1.82) is 0 Å². The van der Waals surface area contributed by atoms with Crippen molar-refractivity contribution in [2.45, 2.75) is 13.8 Å². The van der Waals surface area contributed by atoms with Crippen LogP contribution in [0.15, 0.2) is 36.5 Å². The molecular formula is C14H13N3. The molecular weight excluding hydrogens is 210 g/mol.